The fourth-order valence-corrected chi connectivity index (χ4v) is 2.13. The number of nitrogens with two attached hydrogens (primary N) is 1. The average Bonchev–Trinajstić information content (AvgIpc) is 2.40. The molecule has 0 aromatic heterocycles. The smallest absolute Gasteiger partial charge is 0.255 e. The Morgan fingerprint density at radius 1 is 1.14 bits per heavy atom. The van der Waals surface area contributed by atoms with E-state index < -0.39 is 0 Å². The highest BCUT2D eigenvalue weighted by molar-refractivity contribution is 7.80. The molecule has 2 aromatic rings. The molecule has 4 N–H and O–H groups in total. The molecule has 0 saturated carbocycles. The number of aryl methyl sites for hydroxylation is 2. The lowest BCUT2D eigenvalue weighted by Gasteiger charge is -2.11. The molecule has 1 amide bonds. The van der Waals surface area contributed by atoms with E-state index in [9.17, 15) is 9.90 Å². The molecule has 2 rings (SSSR count). The van der Waals surface area contributed by atoms with E-state index in [2.05, 4.69) is 5.32 Å². The summed E-state index contributed by atoms with van der Waals surface area (Å²) >= 11 is 4.94. The Morgan fingerprint density at radius 2 is 1.86 bits per heavy atom. The maximum atomic E-state index is 12.3. The van der Waals surface area contributed by atoms with E-state index in [0.717, 1.165) is 5.56 Å². The number of phenolic OH excluding ortho intramolecular Hbond substituents is 1. The number of carbonyl (C=O) groups excluding carboxylic acids is 1. The van der Waals surface area contributed by atoms with E-state index in [4.69, 9.17) is 18.0 Å². The summed E-state index contributed by atoms with van der Waals surface area (Å²) in [6.45, 7) is 3.66. The number of benzene rings is 2. The molecule has 0 aliphatic heterocycles. The first kappa shape index (κ1) is 15.0. The van der Waals surface area contributed by atoms with Crippen LogP contribution in [-0.4, -0.2) is 16.0 Å². The molecule has 0 radical (unpaired) electrons. The average molecular weight is 300 g/mol. The van der Waals surface area contributed by atoms with Gasteiger partial charge in [-0.1, -0.05) is 24.4 Å². The number of hydrogen-bond donors (Lipinski definition) is 3. The molecule has 2 aromatic carbocycles. The first-order chi connectivity index (χ1) is 9.88. The van der Waals surface area contributed by atoms with Gasteiger partial charge in [-0.2, -0.15) is 0 Å². The number of anilines is 1. The van der Waals surface area contributed by atoms with Crippen molar-refractivity contribution in [1.82, 2.24) is 0 Å². The van der Waals surface area contributed by atoms with Crippen molar-refractivity contribution >= 4 is 28.8 Å². The minimum absolute atomic E-state index is 0.135. The van der Waals surface area contributed by atoms with Crippen molar-refractivity contribution in [1.29, 1.82) is 0 Å². The van der Waals surface area contributed by atoms with Crippen molar-refractivity contribution < 1.29 is 9.90 Å². The number of rotatable bonds is 3. The van der Waals surface area contributed by atoms with Gasteiger partial charge in [-0.25, -0.2) is 0 Å². The van der Waals surface area contributed by atoms with Crippen LogP contribution in [0.15, 0.2) is 36.4 Å². The van der Waals surface area contributed by atoms with Gasteiger partial charge in [0.1, 0.15) is 10.7 Å². The Bertz CT molecular complexity index is 726. The van der Waals surface area contributed by atoms with Crippen LogP contribution in [0.2, 0.25) is 0 Å². The quantitative estimate of drug-likeness (QED) is 0.762. The topological polar surface area (TPSA) is 75.3 Å². The van der Waals surface area contributed by atoms with Crippen LogP contribution in [0.4, 0.5) is 5.69 Å². The van der Waals surface area contributed by atoms with Crippen molar-refractivity contribution in [3.05, 3.63) is 58.7 Å². The van der Waals surface area contributed by atoms with Gasteiger partial charge in [0, 0.05) is 16.8 Å². The number of carbonyl (C=O) groups is 1. The van der Waals surface area contributed by atoms with Gasteiger partial charge in [0.15, 0.2) is 0 Å². The van der Waals surface area contributed by atoms with E-state index in [1.54, 1.807) is 25.1 Å². The lowest BCUT2D eigenvalue weighted by Crippen LogP contribution is -2.15. The highest BCUT2D eigenvalue weighted by Gasteiger charge is 2.11. The maximum absolute atomic E-state index is 12.3. The Hall–Kier alpha value is -2.40. The molecule has 0 heterocycles. The van der Waals surface area contributed by atoms with Gasteiger partial charge >= 0.3 is 0 Å². The first-order valence-corrected chi connectivity index (χ1v) is 6.80. The summed E-state index contributed by atoms with van der Waals surface area (Å²) in [6.07, 6.45) is 0. The minimum Gasteiger partial charge on any atom is -0.508 e. The molecule has 0 aliphatic carbocycles. The van der Waals surface area contributed by atoms with Gasteiger partial charge in [0.25, 0.3) is 5.91 Å². The Morgan fingerprint density at radius 3 is 2.48 bits per heavy atom. The summed E-state index contributed by atoms with van der Waals surface area (Å²) in [5, 5.41) is 12.2. The maximum Gasteiger partial charge on any atom is 0.255 e. The van der Waals surface area contributed by atoms with Crippen LogP contribution in [0.3, 0.4) is 0 Å². The molecule has 108 valence electrons. The minimum atomic E-state index is -0.240. The van der Waals surface area contributed by atoms with Crippen molar-refractivity contribution in [2.24, 2.45) is 5.73 Å². The van der Waals surface area contributed by atoms with Crippen molar-refractivity contribution in [3.8, 4) is 5.75 Å². The zero-order valence-corrected chi connectivity index (χ0v) is 12.6. The molecule has 0 unspecified atom stereocenters. The highest BCUT2D eigenvalue weighted by atomic mass is 32.1. The molecule has 0 atom stereocenters. The standard InChI is InChI=1S/C16H16N2O2S/c1-9-3-4-11(15(17)21)8-14(9)18-16(20)13-6-5-12(19)7-10(13)2/h3-8,19H,1-2H3,(H2,17,21)(H,18,20). The van der Waals surface area contributed by atoms with Gasteiger partial charge in [-0.05, 0) is 49.2 Å². The number of amides is 1. The number of aromatic hydroxyl groups is 1. The molecule has 5 heteroatoms. The third kappa shape index (κ3) is 3.38. The zero-order chi connectivity index (χ0) is 15.6. The summed E-state index contributed by atoms with van der Waals surface area (Å²) in [4.78, 5) is 12.6. The lowest BCUT2D eigenvalue weighted by atomic mass is 10.1. The molecular weight excluding hydrogens is 284 g/mol. The fourth-order valence-electron chi connectivity index (χ4n) is 2.00. The van der Waals surface area contributed by atoms with E-state index in [1.807, 2.05) is 19.1 Å². The van der Waals surface area contributed by atoms with Crippen LogP contribution in [0, 0.1) is 13.8 Å². The normalized spacial score (nSPS) is 10.2. The SMILES string of the molecule is Cc1ccc(C(N)=S)cc1NC(=O)c1ccc(O)cc1C. The monoisotopic (exact) mass is 300 g/mol. The van der Waals surface area contributed by atoms with Crippen molar-refractivity contribution in [3.63, 3.8) is 0 Å². The number of hydrogen-bond acceptors (Lipinski definition) is 3. The number of thiocarbonyl (C=S) groups is 1. The Labute approximate surface area is 128 Å². The third-order valence-corrected chi connectivity index (χ3v) is 3.46. The molecule has 21 heavy (non-hydrogen) atoms. The third-order valence-electron chi connectivity index (χ3n) is 3.22. The molecule has 0 bridgehead atoms. The largest absolute Gasteiger partial charge is 0.508 e. The summed E-state index contributed by atoms with van der Waals surface area (Å²) in [5.74, 6) is -0.105. The molecule has 0 spiro atoms. The molecular formula is C16H16N2O2S. The second-order valence-corrected chi connectivity index (χ2v) is 5.29. The van der Waals surface area contributed by atoms with Crippen LogP contribution in [0.25, 0.3) is 0 Å². The van der Waals surface area contributed by atoms with E-state index in [-0.39, 0.29) is 16.6 Å². The number of nitrogens with one attached hydrogen (secondary N) is 1. The van der Waals surface area contributed by atoms with E-state index in [0.29, 0.717) is 22.4 Å². The predicted molar refractivity (Wildman–Crippen MR) is 87.9 cm³/mol. The summed E-state index contributed by atoms with van der Waals surface area (Å²) in [6, 6.07) is 10.1. The second-order valence-electron chi connectivity index (χ2n) is 4.85. The summed E-state index contributed by atoms with van der Waals surface area (Å²) < 4.78 is 0. The van der Waals surface area contributed by atoms with E-state index in [1.165, 1.54) is 6.07 Å². The summed E-state index contributed by atoms with van der Waals surface area (Å²) in [7, 11) is 0. The zero-order valence-electron chi connectivity index (χ0n) is 11.8. The van der Waals surface area contributed by atoms with Crippen LogP contribution < -0.4 is 11.1 Å². The summed E-state index contributed by atoms with van der Waals surface area (Å²) in [5.41, 5.74) is 9.10. The second kappa shape index (κ2) is 5.93. The Kier molecular flexibility index (Phi) is 4.23. The van der Waals surface area contributed by atoms with Crippen molar-refractivity contribution in [2.75, 3.05) is 5.32 Å². The van der Waals surface area contributed by atoms with Crippen LogP contribution in [-0.2, 0) is 0 Å². The van der Waals surface area contributed by atoms with Gasteiger partial charge in [-0.3, -0.25) is 4.79 Å². The Balaban J connectivity index is 2.31. The molecule has 4 nitrogen and oxygen atoms in total. The van der Waals surface area contributed by atoms with Gasteiger partial charge in [-0.15, -0.1) is 0 Å². The fraction of sp³-hybridized carbons (Fsp3) is 0.125. The number of phenols is 1. The predicted octanol–water partition coefficient (Wildman–Crippen LogP) is 2.90. The van der Waals surface area contributed by atoms with Gasteiger partial charge < -0.3 is 16.2 Å². The lowest BCUT2D eigenvalue weighted by molar-refractivity contribution is 0.102. The first-order valence-electron chi connectivity index (χ1n) is 6.40. The van der Waals surface area contributed by atoms with Crippen LogP contribution in [0.1, 0.15) is 27.0 Å². The van der Waals surface area contributed by atoms with Gasteiger partial charge in [0.05, 0.1) is 0 Å². The van der Waals surface area contributed by atoms with Gasteiger partial charge in [0.2, 0.25) is 0 Å². The highest BCUT2D eigenvalue weighted by Crippen LogP contribution is 2.20. The van der Waals surface area contributed by atoms with Crippen LogP contribution in [0.5, 0.6) is 5.75 Å². The van der Waals surface area contributed by atoms with E-state index >= 15 is 0 Å². The van der Waals surface area contributed by atoms with Crippen LogP contribution >= 0.6 is 12.2 Å². The molecule has 0 saturated heterocycles. The molecule has 0 fully saturated rings. The molecule has 0 aliphatic rings. The van der Waals surface area contributed by atoms with Crippen molar-refractivity contribution in [2.45, 2.75) is 13.8 Å².